The van der Waals surface area contributed by atoms with Crippen LogP contribution in [0.15, 0.2) is 12.1 Å². The molecule has 6 heteroatoms. The topological polar surface area (TPSA) is 58.1 Å². The molecule has 5 nitrogen and oxygen atoms in total. The van der Waals surface area contributed by atoms with Crippen LogP contribution >= 0.6 is 11.8 Å². The first-order valence-corrected chi connectivity index (χ1v) is 7.22. The van der Waals surface area contributed by atoms with E-state index in [1.165, 1.54) is 16.4 Å². The Morgan fingerprint density at radius 2 is 2.06 bits per heavy atom. The van der Waals surface area contributed by atoms with Crippen LogP contribution in [0.4, 0.5) is 5.82 Å². The van der Waals surface area contributed by atoms with Crippen molar-refractivity contribution in [1.82, 2.24) is 15.1 Å². The first-order valence-electron chi connectivity index (χ1n) is 6.06. The van der Waals surface area contributed by atoms with Gasteiger partial charge in [-0.15, -0.1) is 10.2 Å². The van der Waals surface area contributed by atoms with Crippen molar-refractivity contribution >= 4 is 23.5 Å². The minimum atomic E-state index is -0.122. The summed E-state index contributed by atoms with van der Waals surface area (Å²) in [6, 6.07) is 4.02. The summed E-state index contributed by atoms with van der Waals surface area (Å²) in [6.07, 6.45) is 2.31. The standard InChI is InChI=1S/C12H18N4OS/c1-16(2)12(17)10-3-4-11(15-14-10)13-9-5-7-18-8-6-9/h3-4,9H,5-8H2,1-2H3,(H,13,15). The van der Waals surface area contributed by atoms with E-state index in [1.807, 2.05) is 17.8 Å². The lowest BCUT2D eigenvalue weighted by Crippen LogP contribution is -2.26. The van der Waals surface area contributed by atoms with E-state index in [9.17, 15) is 4.79 Å². The van der Waals surface area contributed by atoms with Gasteiger partial charge in [-0.2, -0.15) is 11.8 Å². The third-order valence-corrected chi connectivity index (χ3v) is 3.91. The lowest BCUT2D eigenvalue weighted by molar-refractivity contribution is 0.0821. The second-order valence-corrected chi connectivity index (χ2v) is 5.76. The molecule has 0 aromatic carbocycles. The SMILES string of the molecule is CN(C)C(=O)c1ccc(NC2CCSCC2)nn1. The summed E-state index contributed by atoms with van der Waals surface area (Å²) in [7, 11) is 3.41. The van der Waals surface area contributed by atoms with Gasteiger partial charge in [0.05, 0.1) is 0 Å². The van der Waals surface area contributed by atoms with Gasteiger partial charge in [0.15, 0.2) is 5.69 Å². The Morgan fingerprint density at radius 3 is 2.61 bits per heavy atom. The zero-order chi connectivity index (χ0) is 13.0. The van der Waals surface area contributed by atoms with Crippen LogP contribution < -0.4 is 5.32 Å². The molecule has 0 spiro atoms. The number of aromatic nitrogens is 2. The Labute approximate surface area is 111 Å². The van der Waals surface area contributed by atoms with E-state index < -0.39 is 0 Å². The zero-order valence-corrected chi connectivity index (χ0v) is 11.5. The molecule has 2 rings (SSSR count). The van der Waals surface area contributed by atoms with Gasteiger partial charge in [-0.25, -0.2) is 0 Å². The van der Waals surface area contributed by atoms with Crippen LogP contribution in [0, 0.1) is 0 Å². The Morgan fingerprint density at radius 1 is 1.33 bits per heavy atom. The summed E-state index contributed by atoms with van der Waals surface area (Å²) in [5, 5.41) is 11.4. The molecule has 0 radical (unpaired) electrons. The van der Waals surface area contributed by atoms with Crippen molar-refractivity contribution in [3.05, 3.63) is 17.8 Å². The summed E-state index contributed by atoms with van der Waals surface area (Å²) < 4.78 is 0. The van der Waals surface area contributed by atoms with E-state index in [0.29, 0.717) is 11.7 Å². The molecule has 1 fully saturated rings. The molecule has 0 atom stereocenters. The molecule has 1 aromatic heterocycles. The van der Waals surface area contributed by atoms with Gasteiger partial charge >= 0.3 is 0 Å². The number of thioether (sulfide) groups is 1. The summed E-state index contributed by atoms with van der Waals surface area (Å²) in [5.41, 5.74) is 0.379. The van der Waals surface area contributed by atoms with Crippen LogP contribution in [-0.4, -0.2) is 52.6 Å². The maximum atomic E-state index is 11.6. The third kappa shape index (κ3) is 3.35. The lowest BCUT2D eigenvalue weighted by atomic mass is 10.1. The molecule has 1 N–H and O–H groups in total. The predicted molar refractivity (Wildman–Crippen MR) is 74.0 cm³/mol. The molecule has 1 saturated heterocycles. The van der Waals surface area contributed by atoms with Gasteiger partial charge in [0.2, 0.25) is 0 Å². The summed E-state index contributed by atoms with van der Waals surface area (Å²) >= 11 is 1.99. The molecule has 98 valence electrons. The van der Waals surface area contributed by atoms with Crippen molar-refractivity contribution in [1.29, 1.82) is 0 Å². The fraction of sp³-hybridized carbons (Fsp3) is 0.583. The van der Waals surface area contributed by atoms with Gasteiger partial charge in [0.25, 0.3) is 5.91 Å². The normalized spacial score (nSPS) is 16.3. The second kappa shape index (κ2) is 6.04. The third-order valence-electron chi connectivity index (χ3n) is 2.86. The van der Waals surface area contributed by atoms with Crippen LogP contribution in [0.5, 0.6) is 0 Å². The van der Waals surface area contributed by atoms with Crippen molar-refractivity contribution in [3.63, 3.8) is 0 Å². The van der Waals surface area contributed by atoms with E-state index in [4.69, 9.17) is 0 Å². The Bertz CT molecular complexity index is 401. The number of nitrogens with zero attached hydrogens (tertiary/aromatic N) is 3. The molecule has 0 unspecified atom stereocenters. The van der Waals surface area contributed by atoms with Crippen molar-refractivity contribution in [2.45, 2.75) is 18.9 Å². The van der Waals surface area contributed by atoms with Gasteiger partial charge < -0.3 is 10.2 Å². The summed E-state index contributed by atoms with van der Waals surface area (Å²) in [6.45, 7) is 0. The number of nitrogens with one attached hydrogen (secondary N) is 1. The number of amides is 1. The molecule has 1 aromatic rings. The average molecular weight is 266 g/mol. The average Bonchev–Trinajstić information content (AvgIpc) is 2.40. The zero-order valence-electron chi connectivity index (χ0n) is 10.7. The molecule has 1 aliphatic heterocycles. The predicted octanol–water partition coefficient (Wildman–Crippen LogP) is 1.49. The monoisotopic (exact) mass is 266 g/mol. The minimum Gasteiger partial charge on any atom is -0.366 e. The van der Waals surface area contributed by atoms with Crippen LogP contribution in [0.25, 0.3) is 0 Å². The first-order chi connectivity index (χ1) is 8.66. The molecular weight excluding hydrogens is 248 g/mol. The van der Waals surface area contributed by atoms with Crippen LogP contribution in [0.3, 0.4) is 0 Å². The molecule has 1 aliphatic rings. The highest BCUT2D eigenvalue weighted by Gasteiger charge is 2.15. The summed E-state index contributed by atoms with van der Waals surface area (Å²) in [4.78, 5) is 13.1. The molecule has 1 amide bonds. The number of rotatable bonds is 3. The Kier molecular flexibility index (Phi) is 4.41. The van der Waals surface area contributed by atoms with Gasteiger partial charge in [-0.1, -0.05) is 0 Å². The number of carbonyl (C=O) groups is 1. The minimum absolute atomic E-state index is 0.122. The first kappa shape index (κ1) is 13.1. The van der Waals surface area contributed by atoms with Crippen molar-refractivity contribution in [3.8, 4) is 0 Å². The van der Waals surface area contributed by atoms with E-state index in [1.54, 1.807) is 20.2 Å². The number of hydrogen-bond donors (Lipinski definition) is 1. The summed E-state index contributed by atoms with van der Waals surface area (Å²) in [5.74, 6) is 3.02. The van der Waals surface area contributed by atoms with Gasteiger partial charge in [0, 0.05) is 20.1 Å². The molecule has 0 bridgehead atoms. The quantitative estimate of drug-likeness (QED) is 0.898. The van der Waals surface area contributed by atoms with Crippen LogP contribution in [0.2, 0.25) is 0 Å². The van der Waals surface area contributed by atoms with Gasteiger partial charge in [0.1, 0.15) is 5.82 Å². The molecule has 0 saturated carbocycles. The van der Waals surface area contributed by atoms with E-state index in [-0.39, 0.29) is 5.91 Å². The molecule has 0 aliphatic carbocycles. The molecule has 18 heavy (non-hydrogen) atoms. The number of anilines is 1. The van der Waals surface area contributed by atoms with Crippen molar-refractivity contribution in [2.75, 3.05) is 30.9 Å². The van der Waals surface area contributed by atoms with Crippen molar-refractivity contribution in [2.24, 2.45) is 0 Å². The smallest absolute Gasteiger partial charge is 0.273 e. The number of hydrogen-bond acceptors (Lipinski definition) is 5. The molecule has 2 heterocycles. The largest absolute Gasteiger partial charge is 0.366 e. The van der Waals surface area contributed by atoms with E-state index >= 15 is 0 Å². The fourth-order valence-corrected chi connectivity index (χ4v) is 2.91. The van der Waals surface area contributed by atoms with Gasteiger partial charge in [-0.05, 0) is 36.5 Å². The highest BCUT2D eigenvalue weighted by Crippen LogP contribution is 2.19. The molecular formula is C12H18N4OS. The Hall–Kier alpha value is -1.30. The van der Waals surface area contributed by atoms with E-state index in [2.05, 4.69) is 15.5 Å². The lowest BCUT2D eigenvalue weighted by Gasteiger charge is -2.22. The van der Waals surface area contributed by atoms with E-state index in [0.717, 1.165) is 18.7 Å². The fourth-order valence-electron chi connectivity index (χ4n) is 1.80. The maximum Gasteiger partial charge on any atom is 0.273 e. The highest BCUT2D eigenvalue weighted by atomic mass is 32.2. The van der Waals surface area contributed by atoms with Crippen LogP contribution in [-0.2, 0) is 0 Å². The highest BCUT2D eigenvalue weighted by molar-refractivity contribution is 7.99. The second-order valence-electron chi connectivity index (χ2n) is 4.53. The van der Waals surface area contributed by atoms with Crippen LogP contribution in [0.1, 0.15) is 23.3 Å². The Balaban J connectivity index is 1.96. The number of carbonyl (C=O) groups excluding carboxylic acids is 1. The van der Waals surface area contributed by atoms with Gasteiger partial charge in [-0.3, -0.25) is 4.79 Å². The maximum absolute atomic E-state index is 11.6. The van der Waals surface area contributed by atoms with Crippen molar-refractivity contribution < 1.29 is 4.79 Å².